The summed E-state index contributed by atoms with van der Waals surface area (Å²) in [5.41, 5.74) is 0.915. The molecular formula is C11H15Cl2NO2. The number of ether oxygens (including phenoxy) is 1. The Labute approximate surface area is 105 Å². The van der Waals surface area contributed by atoms with Crippen LogP contribution in [0.2, 0.25) is 10.0 Å². The van der Waals surface area contributed by atoms with Gasteiger partial charge in [0.25, 0.3) is 0 Å². The Morgan fingerprint density at radius 2 is 2.12 bits per heavy atom. The summed E-state index contributed by atoms with van der Waals surface area (Å²) >= 11 is 12.0. The fraction of sp³-hybridized carbons (Fsp3) is 0.455. The van der Waals surface area contributed by atoms with Crippen molar-refractivity contribution < 1.29 is 9.84 Å². The van der Waals surface area contributed by atoms with Gasteiger partial charge in [-0.3, -0.25) is 0 Å². The lowest BCUT2D eigenvalue weighted by atomic mass is 10.2. The summed E-state index contributed by atoms with van der Waals surface area (Å²) in [6, 6.07) is 3.47. The summed E-state index contributed by atoms with van der Waals surface area (Å²) < 4.78 is 5.53. The molecule has 0 amide bonds. The molecule has 0 spiro atoms. The van der Waals surface area contributed by atoms with Crippen LogP contribution in [0.3, 0.4) is 0 Å². The highest BCUT2D eigenvalue weighted by Gasteiger charge is 2.09. The normalized spacial score (nSPS) is 10.5. The molecule has 1 rings (SSSR count). The van der Waals surface area contributed by atoms with Gasteiger partial charge in [0.2, 0.25) is 0 Å². The standard InChI is InChI=1S/C11H15Cl2NO2/c1-14-7-8-5-9(12)6-10(13)11(8)16-4-2-3-15/h5-6,14-15H,2-4,7H2,1H3. The third-order valence-corrected chi connectivity index (χ3v) is 2.50. The highest BCUT2D eigenvalue weighted by Crippen LogP contribution is 2.32. The second kappa shape index (κ2) is 6.97. The minimum absolute atomic E-state index is 0.104. The maximum Gasteiger partial charge on any atom is 0.142 e. The molecular weight excluding hydrogens is 249 g/mol. The van der Waals surface area contributed by atoms with Gasteiger partial charge in [-0.15, -0.1) is 0 Å². The molecule has 0 heterocycles. The van der Waals surface area contributed by atoms with E-state index in [2.05, 4.69) is 5.32 Å². The Hall–Kier alpha value is -0.480. The van der Waals surface area contributed by atoms with Crippen LogP contribution in [0.1, 0.15) is 12.0 Å². The second-order valence-electron chi connectivity index (χ2n) is 3.33. The van der Waals surface area contributed by atoms with Gasteiger partial charge in [0.15, 0.2) is 0 Å². The van der Waals surface area contributed by atoms with Crippen molar-refractivity contribution in [2.75, 3.05) is 20.3 Å². The highest BCUT2D eigenvalue weighted by molar-refractivity contribution is 6.35. The Morgan fingerprint density at radius 3 is 2.75 bits per heavy atom. The molecule has 16 heavy (non-hydrogen) atoms. The van der Waals surface area contributed by atoms with E-state index in [1.165, 1.54) is 0 Å². The molecule has 0 aromatic heterocycles. The van der Waals surface area contributed by atoms with Gasteiger partial charge in [-0.1, -0.05) is 23.2 Å². The number of aliphatic hydroxyl groups is 1. The molecule has 1 aromatic carbocycles. The molecule has 3 nitrogen and oxygen atoms in total. The molecule has 0 unspecified atom stereocenters. The van der Waals surface area contributed by atoms with Gasteiger partial charge in [0, 0.05) is 30.2 Å². The Bertz CT molecular complexity index is 345. The summed E-state index contributed by atoms with van der Waals surface area (Å²) in [5.74, 6) is 0.633. The van der Waals surface area contributed by atoms with Crippen LogP contribution in [0.25, 0.3) is 0 Å². The average Bonchev–Trinajstić information content (AvgIpc) is 2.22. The minimum Gasteiger partial charge on any atom is -0.492 e. The molecule has 90 valence electrons. The number of rotatable bonds is 6. The van der Waals surface area contributed by atoms with E-state index in [0.29, 0.717) is 35.4 Å². The van der Waals surface area contributed by atoms with Gasteiger partial charge in [-0.05, 0) is 19.2 Å². The van der Waals surface area contributed by atoms with Gasteiger partial charge in [0.05, 0.1) is 11.6 Å². The van der Waals surface area contributed by atoms with Crippen molar-refractivity contribution in [1.82, 2.24) is 5.32 Å². The SMILES string of the molecule is CNCc1cc(Cl)cc(Cl)c1OCCCO. The first-order valence-electron chi connectivity index (χ1n) is 5.05. The second-order valence-corrected chi connectivity index (χ2v) is 4.18. The number of halogens is 2. The predicted molar refractivity (Wildman–Crippen MR) is 66.4 cm³/mol. The molecule has 5 heteroatoms. The van der Waals surface area contributed by atoms with Gasteiger partial charge < -0.3 is 15.2 Å². The van der Waals surface area contributed by atoms with Gasteiger partial charge in [-0.2, -0.15) is 0 Å². The van der Waals surface area contributed by atoms with E-state index in [1.54, 1.807) is 6.07 Å². The van der Waals surface area contributed by atoms with E-state index in [0.717, 1.165) is 5.56 Å². The fourth-order valence-electron chi connectivity index (χ4n) is 1.34. The Morgan fingerprint density at radius 1 is 1.38 bits per heavy atom. The lowest BCUT2D eigenvalue weighted by Crippen LogP contribution is -2.09. The summed E-state index contributed by atoms with van der Waals surface area (Å²) in [7, 11) is 1.84. The lowest BCUT2D eigenvalue weighted by Gasteiger charge is -2.13. The van der Waals surface area contributed by atoms with Crippen molar-refractivity contribution >= 4 is 23.2 Å². The van der Waals surface area contributed by atoms with Crippen LogP contribution in [0, 0.1) is 0 Å². The molecule has 0 radical (unpaired) electrons. The topological polar surface area (TPSA) is 41.5 Å². The first-order valence-corrected chi connectivity index (χ1v) is 5.80. The third kappa shape index (κ3) is 3.83. The number of nitrogens with one attached hydrogen (secondary N) is 1. The number of aliphatic hydroxyl groups excluding tert-OH is 1. The molecule has 0 fully saturated rings. The molecule has 2 N–H and O–H groups in total. The predicted octanol–water partition coefficient (Wildman–Crippen LogP) is 2.47. The number of hydrogen-bond donors (Lipinski definition) is 2. The van der Waals surface area contributed by atoms with Crippen molar-refractivity contribution in [3.63, 3.8) is 0 Å². The molecule has 0 aliphatic carbocycles. The van der Waals surface area contributed by atoms with Crippen molar-refractivity contribution in [2.45, 2.75) is 13.0 Å². The molecule has 0 bridgehead atoms. The maximum absolute atomic E-state index is 8.68. The summed E-state index contributed by atoms with van der Waals surface area (Å²) in [4.78, 5) is 0. The fourth-order valence-corrected chi connectivity index (χ4v) is 1.93. The largest absolute Gasteiger partial charge is 0.492 e. The maximum atomic E-state index is 8.68. The van der Waals surface area contributed by atoms with Crippen molar-refractivity contribution in [2.24, 2.45) is 0 Å². The molecule has 0 aliphatic rings. The van der Waals surface area contributed by atoms with Crippen molar-refractivity contribution in [3.05, 3.63) is 27.7 Å². The molecule has 0 saturated heterocycles. The Kier molecular flexibility index (Phi) is 5.91. The van der Waals surface area contributed by atoms with Crippen LogP contribution in [-0.2, 0) is 6.54 Å². The smallest absolute Gasteiger partial charge is 0.142 e. The quantitative estimate of drug-likeness (QED) is 0.775. The van der Waals surface area contributed by atoms with Crippen LogP contribution in [0.5, 0.6) is 5.75 Å². The van der Waals surface area contributed by atoms with E-state index < -0.39 is 0 Å². The van der Waals surface area contributed by atoms with E-state index in [1.807, 2.05) is 13.1 Å². The molecule has 1 aromatic rings. The van der Waals surface area contributed by atoms with Gasteiger partial charge in [0.1, 0.15) is 5.75 Å². The number of hydrogen-bond acceptors (Lipinski definition) is 3. The Balaban J connectivity index is 2.85. The zero-order valence-corrected chi connectivity index (χ0v) is 10.6. The number of benzene rings is 1. The lowest BCUT2D eigenvalue weighted by molar-refractivity contribution is 0.232. The van der Waals surface area contributed by atoms with Crippen LogP contribution in [0.15, 0.2) is 12.1 Å². The summed E-state index contributed by atoms with van der Waals surface area (Å²) in [5, 5.41) is 12.8. The first-order chi connectivity index (χ1) is 7.69. The van der Waals surface area contributed by atoms with Crippen LogP contribution in [0.4, 0.5) is 0 Å². The molecule has 0 aliphatic heterocycles. The third-order valence-electron chi connectivity index (χ3n) is 2.00. The van der Waals surface area contributed by atoms with E-state index >= 15 is 0 Å². The first kappa shape index (κ1) is 13.6. The van der Waals surface area contributed by atoms with Crippen LogP contribution >= 0.6 is 23.2 Å². The van der Waals surface area contributed by atoms with Crippen LogP contribution in [-0.4, -0.2) is 25.4 Å². The summed E-state index contributed by atoms with van der Waals surface area (Å²) in [6.45, 7) is 1.18. The minimum atomic E-state index is 0.104. The van der Waals surface area contributed by atoms with Gasteiger partial charge in [-0.25, -0.2) is 0 Å². The monoisotopic (exact) mass is 263 g/mol. The zero-order valence-electron chi connectivity index (χ0n) is 9.09. The van der Waals surface area contributed by atoms with E-state index in [-0.39, 0.29) is 6.61 Å². The van der Waals surface area contributed by atoms with Crippen molar-refractivity contribution in [1.29, 1.82) is 0 Å². The highest BCUT2D eigenvalue weighted by atomic mass is 35.5. The summed E-state index contributed by atoms with van der Waals surface area (Å²) in [6.07, 6.45) is 0.581. The van der Waals surface area contributed by atoms with Gasteiger partial charge >= 0.3 is 0 Å². The average molecular weight is 264 g/mol. The van der Waals surface area contributed by atoms with Crippen molar-refractivity contribution in [3.8, 4) is 5.75 Å². The molecule has 0 atom stereocenters. The molecule has 0 saturated carbocycles. The van der Waals surface area contributed by atoms with E-state index in [9.17, 15) is 0 Å². The van der Waals surface area contributed by atoms with Crippen LogP contribution < -0.4 is 10.1 Å². The van der Waals surface area contributed by atoms with E-state index in [4.69, 9.17) is 33.0 Å². The zero-order chi connectivity index (χ0) is 12.0.